The highest BCUT2D eigenvalue weighted by Crippen LogP contribution is 2.36. The van der Waals surface area contributed by atoms with E-state index in [1.165, 1.54) is 52.3 Å². The molecule has 18 nitrogen and oxygen atoms in total. The van der Waals surface area contributed by atoms with Gasteiger partial charge in [0.1, 0.15) is 17.7 Å². The number of thioether (sulfide) groups is 2. The first kappa shape index (κ1) is 56.0. The van der Waals surface area contributed by atoms with E-state index in [2.05, 4.69) is 80.4 Å². The monoisotopic (exact) mass is 1110 g/mol. The Morgan fingerprint density at radius 2 is 1.26 bits per heavy atom. The zero-order valence-electron chi connectivity index (χ0n) is 43.0. The van der Waals surface area contributed by atoms with E-state index in [0.717, 1.165) is 32.2 Å². The number of carbonyl (C=O) groups excluding carboxylic acids is 5. The van der Waals surface area contributed by atoms with Crippen LogP contribution in [0.25, 0.3) is 0 Å². The molecule has 1 aliphatic heterocycles. The van der Waals surface area contributed by atoms with Gasteiger partial charge in [0.05, 0.1) is 50.6 Å². The van der Waals surface area contributed by atoms with Crippen LogP contribution in [0.3, 0.4) is 0 Å². The van der Waals surface area contributed by atoms with Crippen LogP contribution >= 0.6 is 46.2 Å². The van der Waals surface area contributed by atoms with Gasteiger partial charge < -0.3 is 35.2 Å². The maximum absolute atomic E-state index is 14.0. The molecule has 1 saturated heterocycles. The van der Waals surface area contributed by atoms with Crippen LogP contribution in [0, 0.1) is 5.92 Å². The molecule has 0 spiro atoms. The lowest BCUT2D eigenvalue weighted by Gasteiger charge is -2.35. The lowest BCUT2D eigenvalue weighted by atomic mass is 9.83. The summed E-state index contributed by atoms with van der Waals surface area (Å²) in [6.07, 6.45) is 10.1. The molecule has 22 heteroatoms. The molecule has 0 radical (unpaired) electrons. The molecule has 1 fully saturated rings. The number of hydrogen-bond acceptors (Lipinski definition) is 17. The second kappa shape index (κ2) is 24.8. The molecule has 4 aromatic heterocycles. The van der Waals surface area contributed by atoms with Gasteiger partial charge in [-0.05, 0) is 97.1 Å². The Labute approximate surface area is 462 Å². The number of nitrogens with zero attached hydrogens (tertiary/aromatic N) is 5. The Balaban J connectivity index is 0.891. The molecule has 5 amide bonds. The van der Waals surface area contributed by atoms with Crippen molar-refractivity contribution in [3.05, 3.63) is 162 Å². The molecule has 0 bridgehead atoms. The number of benzene rings is 3. The van der Waals surface area contributed by atoms with E-state index in [4.69, 9.17) is 8.83 Å². The van der Waals surface area contributed by atoms with Crippen molar-refractivity contribution in [3.63, 3.8) is 0 Å². The van der Waals surface area contributed by atoms with Gasteiger partial charge in [0.15, 0.2) is 10.3 Å². The second-order valence-electron chi connectivity index (χ2n) is 19.7. The van der Waals surface area contributed by atoms with Crippen molar-refractivity contribution in [2.45, 2.75) is 90.9 Å². The van der Waals surface area contributed by atoms with Crippen molar-refractivity contribution >= 4 is 103 Å². The maximum Gasteiger partial charge on any atom is 0.257 e. The quantitative estimate of drug-likeness (QED) is 0.0289. The largest absolute Gasteiger partial charge is 0.444 e. The average molecular weight is 1120 g/mol. The summed E-state index contributed by atoms with van der Waals surface area (Å²) < 4.78 is 14.0. The lowest BCUT2D eigenvalue weighted by molar-refractivity contribution is -0.123. The van der Waals surface area contributed by atoms with Gasteiger partial charge in [0.25, 0.3) is 11.8 Å². The molecule has 0 aliphatic carbocycles. The van der Waals surface area contributed by atoms with E-state index >= 15 is 0 Å². The van der Waals surface area contributed by atoms with E-state index in [9.17, 15) is 29.1 Å². The fourth-order valence-corrected chi connectivity index (χ4v) is 11.6. The summed E-state index contributed by atoms with van der Waals surface area (Å²) in [6.45, 7) is 18.1. The maximum atomic E-state index is 14.0. The third-order valence-electron chi connectivity index (χ3n) is 12.2. The minimum absolute atomic E-state index is 0.161. The van der Waals surface area contributed by atoms with Crippen molar-refractivity contribution < 1.29 is 37.9 Å². The number of likely N-dealkylation sites (tertiary alicyclic amines) is 1. The number of oxazole rings is 2. The highest BCUT2D eigenvalue weighted by atomic mass is 32.2. The van der Waals surface area contributed by atoms with Crippen molar-refractivity contribution in [1.29, 1.82) is 0 Å². The average Bonchev–Trinajstić information content (AvgIpc) is 4.28. The minimum atomic E-state index is -0.914. The Morgan fingerprint density at radius 3 is 1.84 bits per heavy atom. The van der Waals surface area contributed by atoms with Crippen molar-refractivity contribution in [2.24, 2.45) is 5.92 Å². The Bertz CT molecular complexity index is 3270. The predicted octanol–water partition coefficient (Wildman–Crippen LogP) is 11.1. The smallest absolute Gasteiger partial charge is 0.257 e. The highest BCUT2D eigenvalue weighted by Gasteiger charge is 2.31. The zero-order chi connectivity index (χ0) is 54.9. The van der Waals surface area contributed by atoms with E-state index in [1.807, 2.05) is 24.8 Å². The van der Waals surface area contributed by atoms with Crippen LogP contribution in [0.5, 0.6) is 0 Å². The molecule has 6 N–H and O–H groups in total. The molecule has 7 aromatic rings. The fourth-order valence-electron chi connectivity index (χ4n) is 8.11. The highest BCUT2D eigenvalue weighted by molar-refractivity contribution is 8.00. The lowest BCUT2D eigenvalue weighted by Crippen LogP contribution is -2.42. The third-order valence-corrected chi connectivity index (χ3v) is 16.4. The normalized spacial score (nSPS) is 14.3. The fraction of sp³-hybridized carbons (Fsp3) is 0.291. The van der Waals surface area contributed by atoms with E-state index in [-0.39, 0.29) is 29.1 Å². The number of hydrogen-bond donors (Lipinski definition) is 6. The predicted molar refractivity (Wildman–Crippen MR) is 303 cm³/mol. The Kier molecular flexibility index (Phi) is 18.1. The van der Waals surface area contributed by atoms with Crippen molar-refractivity contribution in [2.75, 3.05) is 39.7 Å². The number of thiazole rings is 2. The number of piperidine rings is 1. The number of aromatic nitrogens is 4. The standard InChI is InChI=1S/C55H58N10O8S4/c1-8-42(66)60-37-16-12-33(13-17-37)48(68)62-39-22-32(21-36(23-39)50(70)64-53-59-28-46(77-53)74-30-44-56-25-40(72-44)54(3,4)5)24-55(6,7)41-26-57-45(73-41)31-75-47-27-58-52(76-47)63-49(69)35-11-10-20-65(29-35)51(71)34-14-18-38(19-15-34)61-43(67)9-2/h8-9,12-19,21-23,25-28,35,51,71H,1-2,10-11,20,24,29-31H2,3-7H3,(H,60,66)(H,61,67)(H,62,68)(H,58,63,69)(H,59,64,70). The van der Waals surface area contributed by atoms with Gasteiger partial charge in [-0.2, -0.15) is 0 Å². The van der Waals surface area contributed by atoms with Crippen LogP contribution in [0.15, 0.2) is 134 Å². The summed E-state index contributed by atoms with van der Waals surface area (Å²) >= 11 is 5.64. The van der Waals surface area contributed by atoms with Crippen LogP contribution in [-0.4, -0.2) is 72.6 Å². The number of amides is 5. The molecule has 5 heterocycles. The first-order valence-corrected chi connectivity index (χ1v) is 28.1. The topological polar surface area (TPSA) is 247 Å². The van der Waals surface area contributed by atoms with Crippen LogP contribution in [0.2, 0.25) is 0 Å². The number of anilines is 5. The molecule has 2 unspecified atom stereocenters. The molecule has 400 valence electrons. The number of rotatable bonds is 21. The molecule has 8 rings (SSSR count). The second-order valence-corrected chi connectivity index (χ2v) is 24.3. The van der Waals surface area contributed by atoms with E-state index in [1.54, 1.807) is 85.5 Å². The summed E-state index contributed by atoms with van der Waals surface area (Å²) in [6, 6.07) is 18.5. The van der Waals surface area contributed by atoms with Gasteiger partial charge in [-0.3, -0.25) is 34.2 Å². The molecular weight excluding hydrogens is 1060 g/mol. The summed E-state index contributed by atoms with van der Waals surface area (Å²) in [5, 5.41) is 26.2. The van der Waals surface area contributed by atoms with Gasteiger partial charge in [-0.1, -0.05) is 82.6 Å². The SMILES string of the molecule is C=CC(=O)Nc1ccc(C(=O)Nc2cc(CC(C)(C)c3cnc(CSc4cnc(NC(=O)C5CCCN(C(O)c6ccc(NC(=O)C=C)cc6)C5)s4)o3)cc(C(=O)Nc3ncc(SCc4ncc(C(C)(C)C)o4)s3)c2)cc1. The van der Waals surface area contributed by atoms with Gasteiger partial charge in [0.2, 0.25) is 29.5 Å². The Hall–Kier alpha value is -7.21. The first-order chi connectivity index (χ1) is 36.8. The van der Waals surface area contributed by atoms with E-state index in [0.29, 0.717) is 99.0 Å². The van der Waals surface area contributed by atoms with Crippen LogP contribution in [0.1, 0.15) is 109 Å². The van der Waals surface area contributed by atoms with E-state index < -0.39 is 23.5 Å². The molecular formula is C55H58N10O8S4. The zero-order valence-corrected chi connectivity index (χ0v) is 46.3. The molecule has 3 aromatic carbocycles. The number of carbonyl (C=O) groups is 5. The first-order valence-electron chi connectivity index (χ1n) is 24.4. The molecule has 77 heavy (non-hydrogen) atoms. The summed E-state index contributed by atoms with van der Waals surface area (Å²) in [4.78, 5) is 84.3. The van der Waals surface area contributed by atoms with Crippen LogP contribution in [-0.2, 0) is 43.1 Å². The third kappa shape index (κ3) is 15.3. The molecule has 2 atom stereocenters. The van der Waals surface area contributed by atoms with Crippen LogP contribution < -0.4 is 26.6 Å². The van der Waals surface area contributed by atoms with Crippen LogP contribution in [0.4, 0.5) is 27.3 Å². The number of aliphatic hydroxyl groups excluding tert-OH is 1. The summed E-state index contributed by atoms with van der Waals surface area (Å²) in [7, 11) is 0. The number of aliphatic hydroxyl groups is 1. The number of nitrogens with one attached hydrogen (secondary N) is 5. The van der Waals surface area contributed by atoms with Gasteiger partial charge >= 0.3 is 0 Å². The van der Waals surface area contributed by atoms with Gasteiger partial charge in [0, 0.05) is 52.1 Å². The Morgan fingerprint density at radius 1 is 0.701 bits per heavy atom. The van der Waals surface area contributed by atoms with Crippen molar-refractivity contribution in [3.8, 4) is 0 Å². The molecule has 1 aliphatic rings. The summed E-state index contributed by atoms with van der Waals surface area (Å²) in [5.41, 5.74) is 2.70. The van der Waals surface area contributed by atoms with Gasteiger partial charge in [-0.25, -0.2) is 19.9 Å². The van der Waals surface area contributed by atoms with Gasteiger partial charge in [-0.15, -0.1) is 23.5 Å². The molecule has 0 saturated carbocycles. The summed E-state index contributed by atoms with van der Waals surface area (Å²) in [5.74, 6) is 1.32. The van der Waals surface area contributed by atoms with Crippen molar-refractivity contribution in [1.82, 2.24) is 24.8 Å². The minimum Gasteiger partial charge on any atom is -0.444 e.